The van der Waals surface area contributed by atoms with E-state index in [0.29, 0.717) is 5.41 Å². The Morgan fingerprint density at radius 1 is 1.18 bits per heavy atom. The summed E-state index contributed by atoms with van der Waals surface area (Å²) in [6.07, 6.45) is 9.23. The number of rotatable bonds is 7. The van der Waals surface area contributed by atoms with Crippen molar-refractivity contribution < 1.29 is 4.74 Å². The van der Waals surface area contributed by atoms with E-state index >= 15 is 0 Å². The number of nitrogens with one attached hydrogen (secondary N) is 1. The normalized spacial score (nSPS) is 24.5. The molecule has 1 saturated carbocycles. The Hall–Kier alpha value is -0.0800. The van der Waals surface area contributed by atoms with E-state index < -0.39 is 0 Å². The molecule has 102 valence electrons. The highest BCUT2D eigenvalue weighted by Gasteiger charge is 2.23. The van der Waals surface area contributed by atoms with Gasteiger partial charge in [0, 0.05) is 19.2 Å². The van der Waals surface area contributed by atoms with Gasteiger partial charge in [0.05, 0.1) is 6.61 Å². The molecule has 0 saturated heterocycles. The smallest absolute Gasteiger partial charge is 0.0590 e. The monoisotopic (exact) mass is 241 g/mol. The zero-order valence-corrected chi connectivity index (χ0v) is 12.1. The SMILES string of the molecule is CCCCOCCNC1CCCC(C)(C)CC1. The average molecular weight is 241 g/mol. The molecule has 2 nitrogen and oxygen atoms in total. The fraction of sp³-hybridized carbons (Fsp3) is 1.00. The molecule has 0 aliphatic heterocycles. The highest BCUT2D eigenvalue weighted by molar-refractivity contribution is 4.79. The van der Waals surface area contributed by atoms with Crippen molar-refractivity contribution in [2.75, 3.05) is 19.8 Å². The van der Waals surface area contributed by atoms with Gasteiger partial charge in [-0.2, -0.15) is 0 Å². The predicted molar refractivity (Wildman–Crippen MR) is 74.4 cm³/mol. The van der Waals surface area contributed by atoms with E-state index in [-0.39, 0.29) is 0 Å². The van der Waals surface area contributed by atoms with Crippen molar-refractivity contribution in [3.8, 4) is 0 Å². The molecule has 2 heteroatoms. The minimum Gasteiger partial charge on any atom is -0.380 e. The maximum Gasteiger partial charge on any atom is 0.0590 e. The molecule has 1 atom stereocenters. The highest BCUT2D eigenvalue weighted by Crippen LogP contribution is 2.33. The number of ether oxygens (including phenoxy) is 1. The maximum atomic E-state index is 5.57. The minimum absolute atomic E-state index is 0.564. The van der Waals surface area contributed by atoms with Gasteiger partial charge >= 0.3 is 0 Å². The Labute approximate surface area is 108 Å². The third-order valence-electron chi connectivity index (χ3n) is 3.90. The molecular formula is C15H31NO. The second-order valence-corrected chi connectivity index (χ2v) is 6.21. The second-order valence-electron chi connectivity index (χ2n) is 6.21. The van der Waals surface area contributed by atoms with Gasteiger partial charge < -0.3 is 10.1 Å². The van der Waals surface area contributed by atoms with E-state index in [1.165, 1.54) is 44.9 Å². The van der Waals surface area contributed by atoms with Gasteiger partial charge in [-0.1, -0.05) is 33.6 Å². The van der Waals surface area contributed by atoms with Crippen molar-refractivity contribution in [2.45, 2.75) is 71.8 Å². The first-order valence-electron chi connectivity index (χ1n) is 7.45. The molecule has 0 aromatic carbocycles. The van der Waals surface area contributed by atoms with Gasteiger partial charge in [0.25, 0.3) is 0 Å². The van der Waals surface area contributed by atoms with Crippen LogP contribution in [0.25, 0.3) is 0 Å². The Kier molecular flexibility index (Phi) is 7.14. The standard InChI is InChI=1S/C15H31NO/c1-4-5-12-17-13-11-16-14-7-6-9-15(2,3)10-8-14/h14,16H,4-13H2,1-3H3. The van der Waals surface area contributed by atoms with E-state index in [1.807, 2.05) is 0 Å². The first kappa shape index (κ1) is 15.0. The Morgan fingerprint density at radius 2 is 2.00 bits per heavy atom. The van der Waals surface area contributed by atoms with Crippen LogP contribution in [0.1, 0.15) is 65.7 Å². The summed E-state index contributed by atoms with van der Waals surface area (Å²) in [5.74, 6) is 0. The predicted octanol–water partition coefficient (Wildman–Crippen LogP) is 3.75. The van der Waals surface area contributed by atoms with Crippen molar-refractivity contribution in [2.24, 2.45) is 5.41 Å². The lowest BCUT2D eigenvalue weighted by Gasteiger charge is -2.22. The van der Waals surface area contributed by atoms with Gasteiger partial charge in [-0.25, -0.2) is 0 Å². The van der Waals surface area contributed by atoms with Gasteiger partial charge in [-0.15, -0.1) is 0 Å². The number of unbranched alkanes of at least 4 members (excludes halogenated alkanes) is 1. The van der Waals surface area contributed by atoms with Crippen LogP contribution in [0.2, 0.25) is 0 Å². The largest absolute Gasteiger partial charge is 0.380 e. The van der Waals surface area contributed by atoms with E-state index in [2.05, 4.69) is 26.1 Å². The van der Waals surface area contributed by atoms with Crippen LogP contribution < -0.4 is 5.32 Å². The summed E-state index contributed by atoms with van der Waals surface area (Å²) in [5, 5.41) is 3.65. The average Bonchev–Trinajstić information content (AvgIpc) is 2.45. The third kappa shape index (κ3) is 7.05. The molecule has 0 heterocycles. The summed E-state index contributed by atoms with van der Waals surface area (Å²) >= 11 is 0. The Balaban J connectivity index is 2.03. The van der Waals surface area contributed by atoms with Gasteiger partial charge in [-0.05, 0) is 37.5 Å². The molecule has 17 heavy (non-hydrogen) atoms. The summed E-state index contributed by atoms with van der Waals surface area (Å²) in [7, 11) is 0. The summed E-state index contributed by atoms with van der Waals surface area (Å²) in [6, 6.07) is 0.728. The van der Waals surface area contributed by atoms with E-state index in [1.54, 1.807) is 0 Å². The van der Waals surface area contributed by atoms with Gasteiger partial charge in [0.1, 0.15) is 0 Å². The lowest BCUT2D eigenvalue weighted by atomic mass is 9.85. The number of hydrogen-bond donors (Lipinski definition) is 1. The highest BCUT2D eigenvalue weighted by atomic mass is 16.5. The van der Waals surface area contributed by atoms with Crippen LogP contribution in [-0.2, 0) is 4.74 Å². The van der Waals surface area contributed by atoms with Crippen LogP contribution in [0, 0.1) is 5.41 Å². The van der Waals surface area contributed by atoms with Crippen molar-refractivity contribution in [3.63, 3.8) is 0 Å². The first-order chi connectivity index (χ1) is 8.14. The second kappa shape index (κ2) is 8.10. The minimum atomic E-state index is 0.564. The molecule has 1 rings (SSSR count). The third-order valence-corrected chi connectivity index (χ3v) is 3.90. The molecule has 1 N–H and O–H groups in total. The van der Waals surface area contributed by atoms with Crippen molar-refractivity contribution in [1.82, 2.24) is 5.32 Å². The van der Waals surface area contributed by atoms with Crippen LogP contribution in [0.3, 0.4) is 0 Å². The summed E-state index contributed by atoms with van der Waals surface area (Å²) in [4.78, 5) is 0. The molecule has 0 radical (unpaired) electrons. The molecule has 0 aromatic rings. The molecule has 0 bridgehead atoms. The topological polar surface area (TPSA) is 21.3 Å². The van der Waals surface area contributed by atoms with E-state index in [4.69, 9.17) is 4.74 Å². The summed E-state index contributed by atoms with van der Waals surface area (Å²) < 4.78 is 5.57. The lowest BCUT2D eigenvalue weighted by molar-refractivity contribution is 0.130. The van der Waals surface area contributed by atoms with Gasteiger partial charge in [0.15, 0.2) is 0 Å². The van der Waals surface area contributed by atoms with Crippen LogP contribution >= 0.6 is 0 Å². The van der Waals surface area contributed by atoms with Gasteiger partial charge in [0.2, 0.25) is 0 Å². The van der Waals surface area contributed by atoms with Crippen LogP contribution in [0.5, 0.6) is 0 Å². The quantitative estimate of drug-likeness (QED) is 0.541. The Bertz CT molecular complexity index is 191. The zero-order valence-electron chi connectivity index (χ0n) is 12.1. The molecule has 1 fully saturated rings. The lowest BCUT2D eigenvalue weighted by Crippen LogP contribution is -2.31. The zero-order chi connectivity index (χ0) is 12.6. The molecule has 1 aliphatic carbocycles. The van der Waals surface area contributed by atoms with Crippen LogP contribution in [0.4, 0.5) is 0 Å². The molecule has 0 amide bonds. The molecule has 0 aromatic heterocycles. The molecule has 1 aliphatic rings. The summed E-state index contributed by atoms with van der Waals surface area (Å²) in [6.45, 7) is 9.84. The van der Waals surface area contributed by atoms with Crippen LogP contribution in [0.15, 0.2) is 0 Å². The Morgan fingerprint density at radius 3 is 2.76 bits per heavy atom. The molecule has 1 unspecified atom stereocenters. The number of hydrogen-bond acceptors (Lipinski definition) is 2. The van der Waals surface area contributed by atoms with Gasteiger partial charge in [-0.3, -0.25) is 0 Å². The fourth-order valence-corrected chi connectivity index (χ4v) is 2.55. The van der Waals surface area contributed by atoms with Crippen molar-refractivity contribution in [3.05, 3.63) is 0 Å². The summed E-state index contributed by atoms with van der Waals surface area (Å²) in [5.41, 5.74) is 0.564. The first-order valence-corrected chi connectivity index (χ1v) is 7.45. The van der Waals surface area contributed by atoms with Crippen LogP contribution in [-0.4, -0.2) is 25.8 Å². The van der Waals surface area contributed by atoms with Crippen molar-refractivity contribution >= 4 is 0 Å². The van der Waals surface area contributed by atoms with Crippen molar-refractivity contribution in [1.29, 1.82) is 0 Å². The maximum absolute atomic E-state index is 5.57. The molecule has 0 spiro atoms. The van der Waals surface area contributed by atoms with E-state index in [9.17, 15) is 0 Å². The van der Waals surface area contributed by atoms with E-state index in [0.717, 1.165) is 25.8 Å². The molecular weight excluding hydrogens is 210 g/mol. The fourth-order valence-electron chi connectivity index (χ4n) is 2.55.